The minimum Gasteiger partial charge on any atom is -0.381 e. The summed E-state index contributed by atoms with van der Waals surface area (Å²) in [5.41, 5.74) is -1.66. The zero-order chi connectivity index (χ0) is 12.5. The van der Waals surface area contributed by atoms with Crippen LogP contribution in [0, 0.1) is 0 Å². The van der Waals surface area contributed by atoms with E-state index < -0.39 is 17.3 Å². The van der Waals surface area contributed by atoms with E-state index in [0.29, 0.717) is 12.0 Å². The van der Waals surface area contributed by atoms with E-state index in [4.69, 9.17) is 0 Å². The lowest BCUT2D eigenvalue weighted by Crippen LogP contribution is -2.25. The van der Waals surface area contributed by atoms with Crippen molar-refractivity contribution in [3.63, 3.8) is 0 Å². The highest BCUT2D eigenvalue weighted by molar-refractivity contribution is 5.33. The summed E-state index contributed by atoms with van der Waals surface area (Å²) < 4.78 is 37.7. The van der Waals surface area contributed by atoms with Crippen LogP contribution in [0.3, 0.4) is 0 Å². The van der Waals surface area contributed by atoms with Crippen molar-refractivity contribution >= 4 is 0 Å². The van der Waals surface area contributed by atoms with E-state index >= 15 is 0 Å². The van der Waals surface area contributed by atoms with E-state index in [9.17, 15) is 18.3 Å². The highest BCUT2D eigenvalue weighted by Gasteiger charge is 2.33. The molecule has 1 unspecified atom stereocenters. The van der Waals surface area contributed by atoms with Gasteiger partial charge in [-0.05, 0) is 37.0 Å². The Morgan fingerprint density at radius 3 is 2.59 bits per heavy atom. The molecule has 1 aliphatic carbocycles. The fourth-order valence-electron chi connectivity index (χ4n) is 2.06. The number of allylic oxidation sites excluding steroid dienone is 1. The molecular weight excluding hydrogens is 229 g/mol. The van der Waals surface area contributed by atoms with Crippen LogP contribution >= 0.6 is 0 Å². The smallest absolute Gasteiger partial charge is 0.381 e. The summed E-state index contributed by atoms with van der Waals surface area (Å²) in [7, 11) is 0. The van der Waals surface area contributed by atoms with Gasteiger partial charge in [0.2, 0.25) is 0 Å². The standard InChI is InChI=1S/C13H13F3O/c14-13(15,16)11-6-4-5-10(9-11)12(17)7-2-1-3-8-12/h2,4-7,9,17H,1,3,8H2. The van der Waals surface area contributed by atoms with Gasteiger partial charge in [-0.15, -0.1) is 0 Å². The highest BCUT2D eigenvalue weighted by atomic mass is 19.4. The maximum absolute atomic E-state index is 12.6. The topological polar surface area (TPSA) is 20.2 Å². The Kier molecular flexibility index (Phi) is 3.00. The van der Waals surface area contributed by atoms with Crippen LogP contribution in [0.25, 0.3) is 0 Å². The molecule has 0 aromatic heterocycles. The molecule has 0 bridgehead atoms. The SMILES string of the molecule is OC1(c2cccc(C(F)(F)F)c2)C=CCCC1. The number of alkyl halides is 3. The Hall–Kier alpha value is -1.29. The molecule has 0 spiro atoms. The summed E-state index contributed by atoms with van der Waals surface area (Å²) >= 11 is 0. The largest absolute Gasteiger partial charge is 0.416 e. The van der Waals surface area contributed by atoms with E-state index in [-0.39, 0.29) is 0 Å². The van der Waals surface area contributed by atoms with Crippen molar-refractivity contribution in [2.75, 3.05) is 0 Å². The third-order valence-corrected chi connectivity index (χ3v) is 3.01. The van der Waals surface area contributed by atoms with E-state index in [1.807, 2.05) is 6.08 Å². The number of halogens is 3. The normalized spacial score (nSPS) is 24.9. The fourth-order valence-corrected chi connectivity index (χ4v) is 2.06. The summed E-state index contributed by atoms with van der Waals surface area (Å²) in [5.74, 6) is 0. The van der Waals surface area contributed by atoms with Crippen LogP contribution in [-0.4, -0.2) is 5.11 Å². The molecule has 0 amide bonds. The van der Waals surface area contributed by atoms with Gasteiger partial charge < -0.3 is 5.11 Å². The van der Waals surface area contributed by atoms with E-state index in [1.54, 1.807) is 6.08 Å². The number of aliphatic hydroxyl groups is 1. The highest BCUT2D eigenvalue weighted by Crippen LogP contribution is 2.36. The van der Waals surface area contributed by atoms with Crippen molar-refractivity contribution in [1.29, 1.82) is 0 Å². The molecule has 17 heavy (non-hydrogen) atoms. The number of hydrogen-bond acceptors (Lipinski definition) is 1. The lowest BCUT2D eigenvalue weighted by atomic mass is 9.84. The molecule has 92 valence electrons. The average Bonchev–Trinajstić information content (AvgIpc) is 2.29. The molecule has 2 rings (SSSR count). The first-order chi connectivity index (χ1) is 7.92. The van der Waals surface area contributed by atoms with Crippen molar-refractivity contribution in [3.05, 3.63) is 47.5 Å². The Morgan fingerprint density at radius 2 is 2.00 bits per heavy atom. The molecule has 0 heterocycles. The van der Waals surface area contributed by atoms with Crippen LogP contribution in [0.15, 0.2) is 36.4 Å². The van der Waals surface area contributed by atoms with Crippen molar-refractivity contribution in [2.24, 2.45) is 0 Å². The Labute approximate surface area is 97.6 Å². The lowest BCUT2D eigenvalue weighted by molar-refractivity contribution is -0.137. The maximum atomic E-state index is 12.6. The number of benzene rings is 1. The van der Waals surface area contributed by atoms with Gasteiger partial charge in [-0.25, -0.2) is 0 Å². The van der Waals surface area contributed by atoms with Crippen molar-refractivity contribution < 1.29 is 18.3 Å². The molecule has 1 aromatic rings. The van der Waals surface area contributed by atoms with Crippen LogP contribution in [0.2, 0.25) is 0 Å². The zero-order valence-corrected chi connectivity index (χ0v) is 9.17. The van der Waals surface area contributed by atoms with Gasteiger partial charge in [0, 0.05) is 0 Å². The van der Waals surface area contributed by atoms with Crippen LogP contribution in [0.4, 0.5) is 13.2 Å². The van der Waals surface area contributed by atoms with Gasteiger partial charge in [0.05, 0.1) is 5.56 Å². The molecule has 1 N–H and O–H groups in total. The predicted octanol–water partition coefficient (Wildman–Crippen LogP) is 3.63. The number of hydrogen-bond donors (Lipinski definition) is 1. The van der Waals surface area contributed by atoms with Crippen LogP contribution in [0.1, 0.15) is 30.4 Å². The first-order valence-corrected chi connectivity index (χ1v) is 5.50. The summed E-state index contributed by atoms with van der Waals surface area (Å²) in [6, 6.07) is 4.90. The van der Waals surface area contributed by atoms with Gasteiger partial charge in [-0.2, -0.15) is 13.2 Å². The van der Waals surface area contributed by atoms with Gasteiger partial charge in [0.25, 0.3) is 0 Å². The molecule has 0 saturated carbocycles. The summed E-state index contributed by atoms with van der Waals surface area (Å²) in [6.07, 6.45) is 1.13. The second kappa shape index (κ2) is 4.18. The van der Waals surface area contributed by atoms with Gasteiger partial charge in [-0.3, -0.25) is 0 Å². The molecule has 1 aromatic carbocycles. The van der Waals surface area contributed by atoms with Crippen molar-refractivity contribution in [3.8, 4) is 0 Å². The van der Waals surface area contributed by atoms with Gasteiger partial charge >= 0.3 is 6.18 Å². The summed E-state index contributed by atoms with van der Waals surface area (Å²) in [6.45, 7) is 0. The second-order valence-electron chi connectivity index (χ2n) is 4.30. The van der Waals surface area contributed by atoms with Gasteiger partial charge in [-0.1, -0.05) is 24.3 Å². The molecule has 1 nitrogen and oxygen atoms in total. The van der Waals surface area contributed by atoms with E-state index in [2.05, 4.69) is 0 Å². The maximum Gasteiger partial charge on any atom is 0.416 e. The van der Waals surface area contributed by atoms with E-state index in [1.165, 1.54) is 12.1 Å². The fraction of sp³-hybridized carbons (Fsp3) is 0.385. The monoisotopic (exact) mass is 242 g/mol. The molecular formula is C13H13F3O. The zero-order valence-electron chi connectivity index (χ0n) is 9.17. The minimum absolute atomic E-state index is 0.309. The van der Waals surface area contributed by atoms with Crippen LogP contribution < -0.4 is 0 Å². The van der Waals surface area contributed by atoms with Gasteiger partial charge in [0.1, 0.15) is 5.60 Å². The van der Waals surface area contributed by atoms with Crippen LogP contribution in [0.5, 0.6) is 0 Å². The molecule has 1 atom stereocenters. The number of rotatable bonds is 1. The van der Waals surface area contributed by atoms with Crippen LogP contribution in [-0.2, 0) is 11.8 Å². The minimum atomic E-state index is -4.37. The molecule has 0 fully saturated rings. The van der Waals surface area contributed by atoms with Crippen molar-refractivity contribution in [1.82, 2.24) is 0 Å². The molecule has 1 aliphatic rings. The van der Waals surface area contributed by atoms with Gasteiger partial charge in [0.15, 0.2) is 0 Å². The predicted molar refractivity (Wildman–Crippen MR) is 58.3 cm³/mol. The van der Waals surface area contributed by atoms with Crippen molar-refractivity contribution in [2.45, 2.75) is 31.0 Å². The Bertz CT molecular complexity index is 437. The molecule has 0 saturated heterocycles. The average molecular weight is 242 g/mol. The summed E-state index contributed by atoms with van der Waals surface area (Å²) in [5, 5.41) is 10.3. The second-order valence-corrected chi connectivity index (χ2v) is 4.30. The quantitative estimate of drug-likeness (QED) is 0.745. The molecule has 4 heteroatoms. The third-order valence-electron chi connectivity index (χ3n) is 3.01. The molecule has 0 radical (unpaired) electrons. The summed E-state index contributed by atoms with van der Waals surface area (Å²) in [4.78, 5) is 0. The first-order valence-electron chi connectivity index (χ1n) is 5.50. The first kappa shape index (κ1) is 12.2. The van der Waals surface area contributed by atoms with E-state index in [0.717, 1.165) is 25.0 Å². The third kappa shape index (κ3) is 2.52. The Balaban J connectivity index is 2.39. The molecule has 0 aliphatic heterocycles. The Morgan fingerprint density at radius 1 is 1.24 bits per heavy atom. The lowest BCUT2D eigenvalue weighted by Gasteiger charge is -2.28.